The largest absolute Gasteiger partial charge is 0.338 e. The monoisotopic (exact) mass is 243 g/mol. The third kappa shape index (κ3) is 2.43. The molecule has 1 saturated heterocycles. The molecule has 18 heavy (non-hydrogen) atoms. The second kappa shape index (κ2) is 4.90. The number of likely N-dealkylation sites (tertiary alicyclic amines) is 1. The van der Waals surface area contributed by atoms with Gasteiger partial charge in [-0.1, -0.05) is 35.5 Å². The van der Waals surface area contributed by atoms with Crippen LogP contribution in [0, 0.1) is 6.92 Å². The van der Waals surface area contributed by atoms with E-state index in [1.54, 1.807) is 0 Å². The molecule has 1 aliphatic rings. The molecule has 0 aliphatic carbocycles. The van der Waals surface area contributed by atoms with Crippen molar-refractivity contribution in [2.24, 2.45) is 0 Å². The molecule has 4 heteroatoms. The van der Waals surface area contributed by atoms with Crippen molar-refractivity contribution in [1.82, 2.24) is 15.0 Å². The van der Waals surface area contributed by atoms with E-state index in [0.717, 1.165) is 25.5 Å². The van der Waals surface area contributed by atoms with E-state index in [9.17, 15) is 0 Å². The van der Waals surface area contributed by atoms with Gasteiger partial charge in [-0.3, -0.25) is 4.90 Å². The van der Waals surface area contributed by atoms with Gasteiger partial charge in [0, 0.05) is 6.54 Å². The fourth-order valence-electron chi connectivity index (χ4n) is 2.57. The molecule has 1 aliphatic heterocycles. The van der Waals surface area contributed by atoms with Crippen LogP contribution in [0.2, 0.25) is 0 Å². The Labute approximate surface area is 107 Å². The van der Waals surface area contributed by atoms with Crippen LogP contribution in [-0.2, 0) is 6.54 Å². The fourth-order valence-corrected chi connectivity index (χ4v) is 2.57. The number of hydrogen-bond donors (Lipinski definition) is 0. The summed E-state index contributed by atoms with van der Waals surface area (Å²) < 4.78 is 5.16. The molecule has 1 aromatic carbocycles. The molecule has 2 aromatic rings. The molecular formula is C14H17N3O. The molecule has 4 nitrogen and oxygen atoms in total. The van der Waals surface area contributed by atoms with Crippen LogP contribution in [0.25, 0.3) is 0 Å². The van der Waals surface area contributed by atoms with E-state index < -0.39 is 0 Å². The highest BCUT2D eigenvalue weighted by molar-refractivity contribution is 5.21. The van der Waals surface area contributed by atoms with Crippen LogP contribution in [-0.4, -0.2) is 28.1 Å². The zero-order chi connectivity index (χ0) is 12.4. The molecule has 0 spiro atoms. The van der Waals surface area contributed by atoms with Crippen LogP contribution in [0.15, 0.2) is 34.9 Å². The minimum absolute atomic E-state index is 0.634. The number of aryl methyl sites for hydroxylation is 1. The highest BCUT2D eigenvalue weighted by Crippen LogP contribution is 2.27. The smallest absolute Gasteiger partial charge is 0.240 e. The van der Waals surface area contributed by atoms with E-state index in [0.29, 0.717) is 11.7 Å². The standard InChI is InChI=1S/C14H17N3O/c1-11-15-14(18-16-11)10-17-8-7-13(9-17)12-5-3-2-4-6-12/h2-6,13H,7-10H2,1H3. The van der Waals surface area contributed by atoms with Crippen LogP contribution >= 0.6 is 0 Å². The molecule has 1 aromatic heterocycles. The van der Waals surface area contributed by atoms with Crippen LogP contribution in [0.5, 0.6) is 0 Å². The van der Waals surface area contributed by atoms with E-state index in [1.165, 1.54) is 12.0 Å². The minimum Gasteiger partial charge on any atom is -0.338 e. The molecular weight excluding hydrogens is 226 g/mol. The summed E-state index contributed by atoms with van der Waals surface area (Å²) >= 11 is 0. The molecule has 0 bridgehead atoms. The number of benzene rings is 1. The Hall–Kier alpha value is -1.68. The summed E-state index contributed by atoms with van der Waals surface area (Å²) in [6.45, 7) is 4.79. The van der Waals surface area contributed by atoms with Gasteiger partial charge in [-0.2, -0.15) is 4.98 Å². The van der Waals surface area contributed by atoms with Crippen molar-refractivity contribution in [2.75, 3.05) is 13.1 Å². The molecule has 94 valence electrons. The Bertz CT molecular complexity index is 509. The summed E-state index contributed by atoms with van der Waals surface area (Å²) in [5.41, 5.74) is 1.43. The van der Waals surface area contributed by atoms with E-state index in [-0.39, 0.29) is 0 Å². The maximum absolute atomic E-state index is 5.16. The second-order valence-corrected chi connectivity index (χ2v) is 4.87. The Kier molecular flexibility index (Phi) is 3.11. The molecule has 1 fully saturated rings. The van der Waals surface area contributed by atoms with Crippen molar-refractivity contribution < 1.29 is 4.52 Å². The first kappa shape index (κ1) is 11.4. The van der Waals surface area contributed by atoms with Crippen molar-refractivity contribution in [3.63, 3.8) is 0 Å². The van der Waals surface area contributed by atoms with Gasteiger partial charge in [0.05, 0.1) is 6.54 Å². The summed E-state index contributed by atoms with van der Waals surface area (Å²) in [5, 5.41) is 3.82. The van der Waals surface area contributed by atoms with Gasteiger partial charge >= 0.3 is 0 Å². The maximum Gasteiger partial charge on any atom is 0.240 e. The first-order valence-electron chi connectivity index (χ1n) is 6.38. The molecule has 1 atom stereocenters. The Morgan fingerprint density at radius 3 is 2.89 bits per heavy atom. The lowest BCUT2D eigenvalue weighted by atomic mass is 9.99. The number of nitrogens with zero attached hydrogens (tertiary/aromatic N) is 3. The van der Waals surface area contributed by atoms with Crippen LogP contribution in [0.1, 0.15) is 29.6 Å². The molecule has 3 rings (SSSR count). The summed E-state index contributed by atoms with van der Waals surface area (Å²) in [4.78, 5) is 6.63. The van der Waals surface area contributed by atoms with Crippen LogP contribution in [0.4, 0.5) is 0 Å². The lowest BCUT2D eigenvalue weighted by Crippen LogP contribution is -2.19. The lowest BCUT2D eigenvalue weighted by Gasteiger charge is -2.13. The topological polar surface area (TPSA) is 42.2 Å². The predicted octanol–water partition coefficient (Wildman–Crippen LogP) is 2.37. The van der Waals surface area contributed by atoms with Gasteiger partial charge in [-0.05, 0) is 31.4 Å². The van der Waals surface area contributed by atoms with Crippen molar-refractivity contribution in [3.05, 3.63) is 47.6 Å². The van der Waals surface area contributed by atoms with Crippen molar-refractivity contribution in [3.8, 4) is 0 Å². The average Bonchev–Trinajstić information content (AvgIpc) is 3.01. The zero-order valence-electron chi connectivity index (χ0n) is 10.5. The van der Waals surface area contributed by atoms with Crippen LogP contribution in [0.3, 0.4) is 0 Å². The van der Waals surface area contributed by atoms with Gasteiger partial charge in [0.25, 0.3) is 0 Å². The van der Waals surface area contributed by atoms with Gasteiger partial charge in [0.2, 0.25) is 5.89 Å². The van der Waals surface area contributed by atoms with Gasteiger partial charge in [-0.15, -0.1) is 0 Å². The maximum atomic E-state index is 5.16. The number of rotatable bonds is 3. The molecule has 2 heterocycles. The first-order chi connectivity index (χ1) is 8.81. The summed E-state index contributed by atoms with van der Waals surface area (Å²) in [6.07, 6.45) is 1.21. The van der Waals surface area contributed by atoms with E-state index in [2.05, 4.69) is 45.4 Å². The lowest BCUT2D eigenvalue weighted by molar-refractivity contribution is 0.265. The van der Waals surface area contributed by atoms with Gasteiger partial charge in [0.1, 0.15) is 0 Å². The normalized spacial score (nSPS) is 20.4. The molecule has 1 unspecified atom stereocenters. The van der Waals surface area contributed by atoms with Crippen LogP contribution < -0.4 is 0 Å². The van der Waals surface area contributed by atoms with Crippen molar-refractivity contribution in [2.45, 2.75) is 25.8 Å². The average molecular weight is 243 g/mol. The zero-order valence-corrected chi connectivity index (χ0v) is 10.5. The minimum atomic E-state index is 0.634. The second-order valence-electron chi connectivity index (χ2n) is 4.87. The predicted molar refractivity (Wildman–Crippen MR) is 68.1 cm³/mol. The summed E-state index contributed by atoms with van der Waals surface area (Å²) in [5.74, 6) is 2.07. The SMILES string of the molecule is Cc1noc(CN2CCC(c3ccccc3)C2)n1. The Balaban J connectivity index is 1.62. The summed E-state index contributed by atoms with van der Waals surface area (Å²) in [7, 11) is 0. The quantitative estimate of drug-likeness (QED) is 0.830. The Morgan fingerprint density at radius 1 is 1.33 bits per heavy atom. The molecule has 0 saturated carbocycles. The first-order valence-corrected chi connectivity index (χ1v) is 6.38. The molecule has 0 radical (unpaired) electrons. The Morgan fingerprint density at radius 2 is 2.17 bits per heavy atom. The number of hydrogen-bond acceptors (Lipinski definition) is 4. The van der Waals surface area contributed by atoms with E-state index >= 15 is 0 Å². The van der Waals surface area contributed by atoms with E-state index in [4.69, 9.17) is 4.52 Å². The molecule has 0 amide bonds. The highest BCUT2D eigenvalue weighted by atomic mass is 16.5. The van der Waals surface area contributed by atoms with Gasteiger partial charge in [0.15, 0.2) is 5.82 Å². The third-order valence-electron chi connectivity index (χ3n) is 3.47. The highest BCUT2D eigenvalue weighted by Gasteiger charge is 2.24. The summed E-state index contributed by atoms with van der Waals surface area (Å²) in [6, 6.07) is 10.7. The third-order valence-corrected chi connectivity index (χ3v) is 3.47. The number of aromatic nitrogens is 2. The van der Waals surface area contributed by atoms with E-state index in [1.807, 2.05) is 6.92 Å². The molecule has 0 N–H and O–H groups in total. The fraction of sp³-hybridized carbons (Fsp3) is 0.429. The van der Waals surface area contributed by atoms with Crippen molar-refractivity contribution in [1.29, 1.82) is 0 Å². The van der Waals surface area contributed by atoms with Gasteiger partial charge < -0.3 is 4.52 Å². The van der Waals surface area contributed by atoms with Gasteiger partial charge in [-0.25, -0.2) is 0 Å². The van der Waals surface area contributed by atoms with Crippen molar-refractivity contribution >= 4 is 0 Å².